The highest BCUT2D eigenvalue weighted by atomic mass is 16.2. The molecule has 136 valence electrons. The average molecular weight is 349 g/mol. The molecule has 4 nitrogen and oxygen atoms in total. The number of hydrogen-bond donors (Lipinski definition) is 1. The molecule has 3 rings (SSSR count). The van der Waals surface area contributed by atoms with Gasteiger partial charge in [0, 0.05) is 37.9 Å². The Balaban J connectivity index is 1.99. The quantitative estimate of drug-likeness (QED) is 0.903. The van der Waals surface area contributed by atoms with Crippen LogP contribution in [0.1, 0.15) is 33.5 Å². The van der Waals surface area contributed by atoms with Crippen molar-refractivity contribution in [3.8, 4) is 0 Å². The molecule has 2 aromatic carbocycles. The fourth-order valence-corrected chi connectivity index (χ4v) is 3.43. The first-order valence-electron chi connectivity index (χ1n) is 9.16. The molecule has 0 bridgehead atoms. The second-order valence-electron chi connectivity index (χ2n) is 6.86. The number of para-hydroxylation sites is 1. The van der Waals surface area contributed by atoms with E-state index in [4.69, 9.17) is 5.73 Å². The van der Waals surface area contributed by atoms with Crippen LogP contribution < -0.4 is 10.6 Å². The summed E-state index contributed by atoms with van der Waals surface area (Å²) in [4.78, 5) is 17.5. The first-order valence-corrected chi connectivity index (χ1v) is 9.16. The van der Waals surface area contributed by atoms with Gasteiger partial charge in [0.05, 0.1) is 0 Å². The fourth-order valence-electron chi connectivity index (χ4n) is 3.43. The standard InChI is InChI=1S/C22H27N3O/c1-17-15-18(16-23)10-11-20(17)22(26)25-14-6-13-24(2)12-5-8-19-7-3-4-9-21(19)25/h3-5,7,9-12,15H,6,8,13-14,16,23H2,1-2H3. The van der Waals surface area contributed by atoms with Crippen molar-refractivity contribution in [1.29, 1.82) is 0 Å². The lowest BCUT2D eigenvalue weighted by atomic mass is 10.0. The first kappa shape index (κ1) is 18.2. The number of anilines is 1. The molecule has 0 atom stereocenters. The van der Waals surface area contributed by atoms with Crippen LogP contribution >= 0.6 is 0 Å². The minimum absolute atomic E-state index is 0.0609. The smallest absolute Gasteiger partial charge is 0.258 e. The zero-order valence-electron chi connectivity index (χ0n) is 15.6. The molecule has 0 spiro atoms. The molecule has 26 heavy (non-hydrogen) atoms. The normalized spacial score (nSPS) is 14.9. The van der Waals surface area contributed by atoms with Gasteiger partial charge in [0.1, 0.15) is 0 Å². The van der Waals surface area contributed by atoms with Crippen LogP contribution in [-0.2, 0) is 13.0 Å². The van der Waals surface area contributed by atoms with Gasteiger partial charge >= 0.3 is 0 Å². The minimum atomic E-state index is 0.0609. The summed E-state index contributed by atoms with van der Waals surface area (Å²) in [6, 6.07) is 14.1. The Kier molecular flexibility index (Phi) is 5.74. The molecule has 4 heteroatoms. The predicted molar refractivity (Wildman–Crippen MR) is 107 cm³/mol. The number of amides is 1. The summed E-state index contributed by atoms with van der Waals surface area (Å²) >= 11 is 0. The number of carbonyl (C=O) groups excluding carboxylic acids is 1. The van der Waals surface area contributed by atoms with Crippen molar-refractivity contribution in [2.24, 2.45) is 5.73 Å². The molecule has 1 heterocycles. The molecule has 0 unspecified atom stereocenters. The van der Waals surface area contributed by atoms with Crippen LogP contribution in [0.25, 0.3) is 0 Å². The van der Waals surface area contributed by atoms with E-state index >= 15 is 0 Å². The predicted octanol–water partition coefficient (Wildman–Crippen LogP) is 3.49. The molecule has 0 aliphatic carbocycles. The van der Waals surface area contributed by atoms with Crippen molar-refractivity contribution in [2.75, 3.05) is 25.0 Å². The number of hydrogen-bond acceptors (Lipinski definition) is 3. The third kappa shape index (κ3) is 3.97. The molecule has 0 saturated carbocycles. The number of allylic oxidation sites excluding steroid dienone is 1. The summed E-state index contributed by atoms with van der Waals surface area (Å²) in [5.74, 6) is 0.0609. The van der Waals surface area contributed by atoms with E-state index in [-0.39, 0.29) is 5.91 Å². The lowest BCUT2D eigenvalue weighted by Gasteiger charge is -2.28. The fraction of sp³-hybridized carbons (Fsp3) is 0.318. The van der Waals surface area contributed by atoms with Gasteiger partial charge < -0.3 is 15.5 Å². The van der Waals surface area contributed by atoms with E-state index in [1.54, 1.807) is 0 Å². The van der Waals surface area contributed by atoms with Gasteiger partial charge in [0.25, 0.3) is 5.91 Å². The Hall–Kier alpha value is -2.59. The van der Waals surface area contributed by atoms with Gasteiger partial charge in [0.2, 0.25) is 0 Å². The van der Waals surface area contributed by atoms with Gasteiger partial charge in [-0.1, -0.05) is 36.4 Å². The maximum Gasteiger partial charge on any atom is 0.258 e. The molecular weight excluding hydrogens is 322 g/mol. The van der Waals surface area contributed by atoms with Crippen molar-refractivity contribution in [3.05, 3.63) is 77.0 Å². The number of fused-ring (bicyclic) bond motifs is 1. The molecule has 2 N–H and O–H groups in total. The summed E-state index contributed by atoms with van der Waals surface area (Å²) < 4.78 is 0. The second kappa shape index (κ2) is 8.19. The summed E-state index contributed by atoms with van der Waals surface area (Å²) in [5.41, 5.74) is 10.7. The molecule has 0 saturated heterocycles. The monoisotopic (exact) mass is 349 g/mol. The SMILES string of the molecule is Cc1cc(CN)ccc1C(=O)N1CCCN(C)C=CCc2ccccc21. The van der Waals surface area contributed by atoms with Crippen molar-refractivity contribution in [1.82, 2.24) is 4.90 Å². The van der Waals surface area contributed by atoms with Gasteiger partial charge in [0.15, 0.2) is 0 Å². The van der Waals surface area contributed by atoms with E-state index in [9.17, 15) is 4.79 Å². The molecule has 2 aromatic rings. The third-order valence-electron chi connectivity index (χ3n) is 4.87. The van der Waals surface area contributed by atoms with Crippen LogP contribution in [0.3, 0.4) is 0 Å². The van der Waals surface area contributed by atoms with E-state index in [1.807, 2.05) is 42.2 Å². The van der Waals surface area contributed by atoms with Crippen molar-refractivity contribution in [3.63, 3.8) is 0 Å². The minimum Gasteiger partial charge on any atom is -0.381 e. The number of nitrogens with zero attached hydrogens (tertiary/aromatic N) is 2. The van der Waals surface area contributed by atoms with Crippen LogP contribution in [0.5, 0.6) is 0 Å². The Morgan fingerprint density at radius 3 is 2.73 bits per heavy atom. The topological polar surface area (TPSA) is 49.6 Å². The molecular formula is C22H27N3O. The largest absolute Gasteiger partial charge is 0.381 e. The number of carbonyl (C=O) groups is 1. The highest BCUT2D eigenvalue weighted by Gasteiger charge is 2.21. The van der Waals surface area contributed by atoms with Crippen molar-refractivity contribution in [2.45, 2.75) is 26.3 Å². The number of rotatable bonds is 2. The van der Waals surface area contributed by atoms with Crippen LogP contribution in [0.2, 0.25) is 0 Å². The van der Waals surface area contributed by atoms with Gasteiger partial charge in [-0.05, 0) is 54.8 Å². The molecule has 0 aromatic heterocycles. The Bertz CT molecular complexity index is 813. The van der Waals surface area contributed by atoms with Gasteiger partial charge in [-0.15, -0.1) is 0 Å². The van der Waals surface area contributed by atoms with E-state index < -0.39 is 0 Å². The summed E-state index contributed by atoms with van der Waals surface area (Å²) in [6.45, 7) is 4.09. The molecule has 1 amide bonds. The summed E-state index contributed by atoms with van der Waals surface area (Å²) in [7, 11) is 2.08. The number of aryl methyl sites for hydroxylation is 1. The van der Waals surface area contributed by atoms with Gasteiger partial charge in [-0.3, -0.25) is 4.79 Å². The van der Waals surface area contributed by atoms with Crippen molar-refractivity contribution < 1.29 is 4.79 Å². The van der Waals surface area contributed by atoms with Gasteiger partial charge in [-0.2, -0.15) is 0 Å². The lowest BCUT2D eigenvalue weighted by Crippen LogP contribution is -2.35. The Morgan fingerprint density at radius 1 is 1.15 bits per heavy atom. The van der Waals surface area contributed by atoms with Gasteiger partial charge in [-0.25, -0.2) is 0 Å². The Morgan fingerprint density at radius 2 is 1.96 bits per heavy atom. The van der Waals surface area contributed by atoms with Crippen LogP contribution in [0, 0.1) is 6.92 Å². The molecule has 0 radical (unpaired) electrons. The highest BCUT2D eigenvalue weighted by molar-refractivity contribution is 6.07. The zero-order chi connectivity index (χ0) is 18.5. The number of nitrogens with two attached hydrogens (primary N) is 1. The van der Waals surface area contributed by atoms with E-state index in [0.29, 0.717) is 13.1 Å². The Labute approximate surface area is 155 Å². The lowest BCUT2D eigenvalue weighted by molar-refractivity contribution is 0.0985. The maximum absolute atomic E-state index is 13.4. The van der Waals surface area contributed by atoms with E-state index in [0.717, 1.165) is 41.8 Å². The molecule has 0 fully saturated rings. The maximum atomic E-state index is 13.4. The zero-order valence-corrected chi connectivity index (χ0v) is 15.6. The molecule has 1 aliphatic heterocycles. The third-order valence-corrected chi connectivity index (χ3v) is 4.87. The number of benzene rings is 2. The highest BCUT2D eigenvalue weighted by Crippen LogP contribution is 2.25. The molecule has 1 aliphatic rings. The second-order valence-corrected chi connectivity index (χ2v) is 6.86. The summed E-state index contributed by atoms with van der Waals surface area (Å²) in [6.07, 6.45) is 6.02. The van der Waals surface area contributed by atoms with Crippen molar-refractivity contribution >= 4 is 11.6 Å². The summed E-state index contributed by atoms with van der Waals surface area (Å²) in [5, 5.41) is 0. The average Bonchev–Trinajstić information content (AvgIpc) is 2.65. The van der Waals surface area contributed by atoms with Crippen LogP contribution in [-0.4, -0.2) is 30.9 Å². The van der Waals surface area contributed by atoms with Crippen LogP contribution in [0.4, 0.5) is 5.69 Å². The van der Waals surface area contributed by atoms with E-state index in [2.05, 4.69) is 36.4 Å². The van der Waals surface area contributed by atoms with Crippen LogP contribution in [0.15, 0.2) is 54.7 Å². The first-order chi connectivity index (χ1) is 12.6. The van der Waals surface area contributed by atoms with E-state index in [1.165, 1.54) is 5.56 Å².